The summed E-state index contributed by atoms with van der Waals surface area (Å²) in [6.45, 7) is 1.68. The van der Waals surface area contributed by atoms with Crippen LogP contribution in [0, 0.1) is 5.92 Å². The van der Waals surface area contributed by atoms with Crippen LogP contribution >= 0.6 is 55.0 Å². The fraction of sp³-hybridized carbons (Fsp3) is 0.194. The molecule has 1 fully saturated rings. The van der Waals surface area contributed by atoms with Gasteiger partial charge in [0.05, 0.1) is 28.8 Å². The summed E-state index contributed by atoms with van der Waals surface area (Å²) in [5.74, 6) is -2.90. The molecule has 6 rings (SSSR count). The minimum Gasteiger partial charge on any atom is -0.462 e. The fourth-order valence-electron chi connectivity index (χ4n) is 5.38. The van der Waals surface area contributed by atoms with Gasteiger partial charge in [0, 0.05) is 25.4 Å². The zero-order valence-corrected chi connectivity index (χ0v) is 27.8. The van der Waals surface area contributed by atoms with Crippen LogP contribution in [0.5, 0.6) is 0 Å². The third-order valence-electron chi connectivity index (χ3n) is 7.34. The average Bonchev–Trinajstić information content (AvgIpc) is 3.45. The number of fused-ring (bicyclic) bond motifs is 2. The SMILES string of the molecule is CCOC(=O)c1ccc(NC(=O)Cn2c3c(sc2=O)[C@H](c2ccc(Br)cc2)C2C(=O)N(c4ccc(Br)cc4)C(=O)C2S3)cc1. The van der Waals surface area contributed by atoms with Crippen LogP contribution in [0.3, 0.4) is 0 Å². The standard InChI is InChI=1S/C31H23Br2N3O6S2/c1-2-42-30(40)17-5-11-20(12-6-17)34-22(37)15-35-29-26(44-31(35)41)23(16-3-7-18(32)8-4-16)24-25(43-29)28(39)36(27(24)38)21-13-9-19(33)10-14-21/h3-14,23-25H,2,15H2,1H3,(H,34,37)/t23-,24?,25?/m1/s1. The van der Waals surface area contributed by atoms with Crippen molar-refractivity contribution in [1.82, 2.24) is 4.57 Å². The van der Waals surface area contributed by atoms with Gasteiger partial charge in [-0.05, 0) is 73.2 Å². The summed E-state index contributed by atoms with van der Waals surface area (Å²) in [7, 11) is 0. The number of nitrogens with one attached hydrogen (secondary N) is 1. The van der Waals surface area contributed by atoms with Gasteiger partial charge < -0.3 is 10.1 Å². The molecule has 1 N–H and O–H groups in total. The Morgan fingerprint density at radius 3 is 2.16 bits per heavy atom. The van der Waals surface area contributed by atoms with Crippen LogP contribution in [0.2, 0.25) is 0 Å². The minimum atomic E-state index is -0.786. The highest BCUT2D eigenvalue weighted by Crippen LogP contribution is 2.54. The fourth-order valence-corrected chi connectivity index (χ4v) is 8.68. The Labute approximate surface area is 276 Å². The number of aromatic nitrogens is 1. The average molecular weight is 757 g/mol. The lowest BCUT2D eigenvalue weighted by atomic mass is 9.83. The summed E-state index contributed by atoms with van der Waals surface area (Å²) >= 11 is 9.00. The molecule has 0 bridgehead atoms. The van der Waals surface area contributed by atoms with Gasteiger partial charge >= 0.3 is 10.8 Å². The number of thiazole rings is 1. The van der Waals surface area contributed by atoms with E-state index in [1.54, 1.807) is 55.5 Å². The maximum Gasteiger partial charge on any atom is 0.338 e. The Balaban J connectivity index is 1.33. The molecule has 3 amide bonds. The predicted octanol–water partition coefficient (Wildman–Crippen LogP) is 6.05. The number of nitrogens with zero attached hydrogens (tertiary/aromatic N) is 2. The smallest absolute Gasteiger partial charge is 0.338 e. The van der Waals surface area contributed by atoms with Gasteiger partial charge in [-0.25, -0.2) is 9.69 Å². The van der Waals surface area contributed by atoms with Crippen molar-refractivity contribution < 1.29 is 23.9 Å². The lowest BCUT2D eigenvalue weighted by molar-refractivity contribution is -0.122. The lowest BCUT2D eigenvalue weighted by Crippen LogP contribution is -2.33. The number of thioether (sulfide) groups is 1. The number of benzene rings is 3. The number of imide groups is 1. The molecule has 2 aliphatic rings. The molecule has 44 heavy (non-hydrogen) atoms. The molecule has 224 valence electrons. The molecule has 0 saturated carbocycles. The number of amides is 3. The maximum atomic E-state index is 14.0. The van der Waals surface area contributed by atoms with Crippen molar-refractivity contribution in [1.29, 1.82) is 0 Å². The summed E-state index contributed by atoms with van der Waals surface area (Å²) in [6.07, 6.45) is 0. The molecule has 4 aromatic rings. The topological polar surface area (TPSA) is 115 Å². The number of hydrogen-bond donors (Lipinski definition) is 1. The molecular weight excluding hydrogens is 734 g/mol. The number of esters is 1. The Kier molecular flexibility index (Phi) is 8.64. The van der Waals surface area contributed by atoms with E-state index in [1.807, 2.05) is 24.3 Å². The summed E-state index contributed by atoms with van der Waals surface area (Å²) in [5, 5.41) is 2.48. The van der Waals surface area contributed by atoms with Crippen molar-refractivity contribution >= 4 is 90.0 Å². The molecule has 3 aromatic carbocycles. The molecule has 2 unspecified atom stereocenters. The molecular formula is C31H23Br2N3O6S2. The summed E-state index contributed by atoms with van der Waals surface area (Å²) in [5.41, 5.74) is 2.07. The highest BCUT2D eigenvalue weighted by atomic mass is 79.9. The zero-order valence-electron chi connectivity index (χ0n) is 23.0. The van der Waals surface area contributed by atoms with Crippen LogP contribution in [0.15, 0.2) is 91.6 Å². The van der Waals surface area contributed by atoms with E-state index in [-0.39, 0.29) is 29.8 Å². The van der Waals surface area contributed by atoms with E-state index in [9.17, 15) is 24.0 Å². The van der Waals surface area contributed by atoms with E-state index in [1.165, 1.54) is 9.47 Å². The first-order chi connectivity index (χ1) is 21.2. The molecule has 13 heteroatoms. The third-order valence-corrected chi connectivity index (χ3v) is 11.0. The van der Waals surface area contributed by atoms with Gasteiger partial charge in [-0.1, -0.05) is 67.1 Å². The second kappa shape index (κ2) is 12.5. The van der Waals surface area contributed by atoms with Crippen LogP contribution in [0.1, 0.15) is 33.6 Å². The van der Waals surface area contributed by atoms with E-state index < -0.39 is 29.0 Å². The van der Waals surface area contributed by atoms with Gasteiger partial charge in [-0.2, -0.15) is 0 Å². The number of anilines is 2. The number of hydrogen-bond acceptors (Lipinski definition) is 8. The number of carbonyl (C=O) groups excluding carboxylic acids is 4. The summed E-state index contributed by atoms with van der Waals surface area (Å²) < 4.78 is 8.04. The summed E-state index contributed by atoms with van der Waals surface area (Å²) in [4.78, 5) is 67.8. The normalized spacial score (nSPS) is 19.0. The molecule has 0 aliphatic carbocycles. The van der Waals surface area contributed by atoms with Crippen LogP contribution in [-0.4, -0.2) is 40.1 Å². The van der Waals surface area contributed by atoms with Gasteiger partial charge in [0.15, 0.2) is 0 Å². The second-order valence-electron chi connectivity index (χ2n) is 10.1. The van der Waals surface area contributed by atoms with Crippen LogP contribution in [-0.2, 0) is 25.7 Å². The molecule has 1 saturated heterocycles. The second-order valence-corrected chi connectivity index (χ2v) is 14.0. The predicted molar refractivity (Wildman–Crippen MR) is 175 cm³/mol. The molecule has 1 aromatic heterocycles. The van der Waals surface area contributed by atoms with Crippen molar-refractivity contribution in [3.8, 4) is 0 Å². The van der Waals surface area contributed by atoms with Crippen molar-refractivity contribution in [2.75, 3.05) is 16.8 Å². The van der Waals surface area contributed by atoms with Gasteiger partial charge in [0.25, 0.3) is 0 Å². The lowest BCUT2D eigenvalue weighted by Gasteiger charge is -2.30. The Morgan fingerprint density at radius 1 is 0.886 bits per heavy atom. The highest BCUT2D eigenvalue weighted by Gasteiger charge is 2.56. The van der Waals surface area contributed by atoms with Crippen LogP contribution in [0.25, 0.3) is 0 Å². The van der Waals surface area contributed by atoms with Crippen molar-refractivity contribution in [2.24, 2.45) is 5.92 Å². The first-order valence-corrected chi connectivity index (χ1v) is 16.8. The van der Waals surface area contributed by atoms with Gasteiger partial charge in [-0.15, -0.1) is 0 Å². The Morgan fingerprint density at radius 2 is 1.52 bits per heavy atom. The molecule has 0 radical (unpaired) electrons. The first kappa shape index (κ1) is 30.5. The van der Waals surface area contributed by atoms with Gasteiger partial charge in [0.1, 0.15) is 11.8 Å². The first-order valence-electron chi connectivity index (χ1n) is 13.5. The Bertz CT molecular complexity index is 1840. The minimum absolute atomic E-state index is 0.251. The van der Waals surface area contributed by atoms with E-state index in [4.69, 9.17) is 4.74 Å². The maximum absolute atomic E-state index is 14.0. The van der Waals surface area contributed by atoms with E-state index in [0.717, 1.165) is 37.6 Å². The molecule has 2 aliphatic heterocycles. The number of halogens is 2. The molecule has 0 spiro atoms. The number of rotatable bonds is 7. The van der Waals surface area contributed by atoms with E-state index in [2.05, 4.69) is 37.2 Å². The molecule has 9 nitrogen and oxygen atoms in total. The molecule has 3 atom stereocenters. The molecule has 3 heterocycles. The summed E-state index contributed by atoms with van der Waals surface area (Å²) in [6, 6.07) is 20.7. The van der Waals surface area contributed by atoms with Crippen LogP contribution < -0.4 is 15.1 Å². The van der Waals surface area contributed by atoms with Crippen molar-refractivity contribution in [3.63, 3.8) is 0 Å². The number of carbonyl (C=O) groups is 4. The van der Waals surface area contributed by atoms with Crippen molar-refractivity contribution in [2.45, 2.75) is 29.7 Å². The van der Waals surface area contributed by atoms with Gasteiger partial charge in [0.2, 0.25) is 17.7 Å². The largest absolute Gasteiger partial charge is 0.462 e. The van der Waals surface area contributed by atoms with Crippen molar-refractivity contribution in [3.05, 3.63) is 107 Å². The monoisotopic (exact) mass is 755 g/mol. The highest BCUT2D eigenvalue weighted by molar-refractivity contribution is 9.10. The zero-order chi connectivity index (χ0) is 31.1. The van der Waals surface area contributed by atoms with Gasteiger partial charge in [-0.3, -0.25) is 23.7 Å². The van der Waals surface area contributed by atoms with Crippen LogP contribution in [0.4, 0.5) is 11.4 Å². The quantitative estimate of drug-likeness (QED) is 0.181. The number of ether oxygens (including phenoxy) is 1. The Hall–Kier alpha value is -3.52. The van der Waals surface area contributed by atoms with E-state index >= 15 is 0 Å². The van der Waals surface area contributed by atoms with E-state index in [0.29, 0.717) is 26.8 Å². The third kappa shape index (κ3) is 5.69.